The smallest absolute Gasteiger partial charge is 0.315 e. The summed E-state index contributed by atoms with van der Waals surface area (Å²) in [6, 6.07) is 8.65. The van der Waals surface area contributed by atoms with E-state index in [1.807, 2.05) is 25.6 Å². The Bertz CT molecular complexity index is 780. The van der Waals surface area contributed by atoms with Gasteiger partial charge in [0.15, 0.2) is 0 Å². The van der Waals surface area contributed by atoms with Crippen molar-refractivity contribution in [3.8, 4) is 0 Å². The minimum absolute atomic E-state index is 0.0669. The summed E-state index contributed by atoms with van der Waals surface area (Å²) in [6.45, 7) is 8.26. The lowest BCUT2D eigenvalue weighted by Crippen LogP contribution is -2.43. The van der Waals surface area contributed by atoms with Gasteiger partial charge in [0, 0.05) is 30.7 Å². The average molecular weight is 340 g/mol. The normalized spacial score (nSPS) is 20.2. The van der Waals surface area contributed by atoms with Crippen LogP contribution in [0.3, 0.4) is 0 Å². The highest BCUT2D eigenvalue weighted by Crippen LogP contribution is 2.42. The van der Waals surface area contributed by atoms with Gasteiger partial charge in [0.05, 0.1) is 5.69 Å². The molecule has 0 aliphatic heterocycles. The average Bonchev–Trinajstić information content (AvgIpc) is 3.25. The van der Waals surface area contributed by atoms with Gasteiger partial charge in [-0.25, -0.2) is 4.79 Å². The van der Waals surface area contributed by atoms with E-state index < -0.39 is 0 Å². The molecule has 1 aromatic heterocycles. The zero-order valence-corrected chi connectivity index (χ0v) is 15.8. The van der Waals surface area contributed by atoms with E-state index in [2.05, 4.69) is 53.8 Å². The molecule has 2 amide bonds. The van der Waals surface area contributed by atoms with Crippen LogP contribution >= 0.6 is 0 Å². The Morgan fingerprint density at radius 3 is 2.68 bits per heavy atom. The number of nitrogens with one attached hydrogen (secondary N) is 2. The predicted octanol–water partition coefficient (Wildman–Crippen LogP) is 3.13. The fourth-order valence-corrected chi connectivity index (χ4v) is 3.61. The first-order valence-corrected chi connectivity index (χ1v) is 8.98. The molecule has 2 N–H and O–H groups in total. The Morgan fingerprint density at radius 1 is 1.32 bits per heavy atom. The number of hydrogen-bond donors (Lipinski definition) is 2. The number of nitrogens with zero attached hydrogens (tertiary/aromatic N) is 2. The highest BCUT2D eigenvalue weighted by Gasteiger charge is 2.40. The number of urea groups is 1. The van der Waals surface area contributed by atoms with Crippen LogP contribution in [0.25, 0.3) is 0 Å². The first-order chi connectivity index (χ1) is 11.9. The SMILES string of the molecule is Cc1ccccc1[C@H]1C[C@@H]1NC(=O)N[C@H](C)Cc1c(C)nn(C)c1C. The van der Waals surface area contributed by atoms with Gasteiger partial charge in [-0.15, -0.1) is 0 Å². The first kappa shape index (κ1) is 17.5. The van der Waals surface area contributed by atoms with Crippen molar-refractivity contribution in [3.05, 3.63) is 52.3 Å². The second-order valence-electron chi connectivity index (χ2n) is 7.30. The Hall–Kier alpha value is -2.30. The second-order valence-corrected chi connectivity index (χ2v) is 7.30. The number of aryl methyl sites for hydroxylation is 3. The molecule has 0 spiro atoms. The van der Waals surface area contributed by atoms with Gasteiger partial charge in [-0.3, -0.25) is 4.68 Å². The molecule has 0 radical (unpaired) electrons. The molecule has 0 unspecified atom stereocenters. The number of rotatable bonds is 5. The van der Waals surface area contributed by atoms with Crippen LogP contribution in [0, 0.1) is 20.8 Å². The topological polar surface area (TPSA) is 59.0 Å². The summed E-state index contributed by atoms with van der Waals surface area (Å²) >= 11 is 0. The van der Waals surface area contributed by atoms with Crippen molar-refractivity contribution in [2.45, 2.75) is 58.5 Å². The number of benzene rings is 1. The molecule has 3 atom stereocenters. The lowest BCUT2D eigenvalue weighted by atomic mass is 10.0. The van der Waals surface area contributed by atoms with Crippen molar-refractivity contribution >= 4 is 6.03 Å². The van der Waals surface area contributed by atoms with Crippen LogP contribution in [0.5, 0.6) is 0 Å². The molecule has 1 saturated carbocycles. The summed E-state index contributed by atoms with van der Waals surface area (Å²) in [5.41, 5.74) is 6.07. The van der Waals surface area contributed by atoms with Gasteiger partial charge in [-0.05, 0) is 57.2 Å². The van der Waals surface area contributed by atoms with E-state index >= 15 is 0 Å². The Kier molecular flexibility index (Phi) is 4.84. The molecule has 1 aromatic carbocycles. The molecule has 5 nitrogen and oxygen atoms in total. The molecule has 1 fully saturated rings. The second kappa shape index (κ2) is 6.90. The van der Waals surface area contributed by atoms with Crippen LogP contribution in [0.2, 0.25) is 0 Å². The third-order valence-corrected chi connectivity index (χ3v) is 5.24. The monoisotopic (exact) mass is 340 g/mol. The summed E-state index contributed by atoms with van der Waals surface area (Å²) in [4.78, 5) is 12.3. The van der Waals surface area contributed by atoms with E-state index in [1.54, 1.807) is 0 Å². The Labute approximate surface area is 149 Å². The maximum absolute atomic E-state index is 12.3. The highest BCUT2D eigenvalue weighted by atomic mass is 16.2. The minimum Gasteiger partial charge on any atom is -0.335 e. The molecular formula is C20H28N4O. The number of aromatic nitrogens is 2. The van der Waals surface area contributed by atoms with Crippen molar-refractivity contribution in [2.75, 3.05) is 0 Å². The van der Waals surface area contributed by atoms with Crippen LogP contribution in [0.15, 0.2) is 24.3 Å². The van der Waals surface area contributed by atoms with Crippen LogP contribution in [-0.2, 0) is 13.5 Å². The fraction of sp³-hybridized carbons (Fsp3) is 0.500. The predicted molar refractivity (Wildman–Crippen MR) is 99.8 cm³/mol. The molecule has 1 aliphatic carbocycles. The summed E-state index contributed by atoms with van der Waals surface area (Å²) in [7, 11) is 1.95. The van der Waals surface area contributed by atoms with Gasteiger partial charge < -0.3 is 10.6 Å². The van der Waals surface area contributed by atoms with Gasteiger partial charge >= 0.3 is 6.03 Å². The van der Waals surface area contributed by atoms with Gasteiger partial charge in [0.1, 0.15) is 0 Å². The maximum Gasteiger partial charge on any atom is 0.315 e. The Balaban J connectivity index is 1.51. The largest absolute Gasteiger partial charge is 0.335 e. The van der Waals surface area contributed by atoms with E-state index in [-0.39, 0.29) is 18.1 Å². The van der Waals surface area contributed by atoms with Crippen LogP contribution in [-0.4, -0.2) is 27.9 Å². The van der Waals surface area contributed by atoms with Gasteiger partial charge in [0.25, 0.3) is 0 Å². The lowest BCUT2D eigenvalue weighted by molar-refractivity contribution is 0.237. The van der Waals surface area contributed by atoms with Gasteiger partial charge in [-0.1, -0.05) is 24.3 Å². The Morgan fingerprint density at radius 2 is 2.04 bits per heavy atom. The van der Waals surface area contributed by atoms with Crippen LogP contribution < -0.4 is 10.6 Å². The summed E-state index contributed by atoms with van der Waals surface area (Å²) < 4.78 is 1.90. The quantitative estimate of drug-likeness (QED) is 0.878. The lowest BCUT2D eigenvalue weighted by Gasteiger charge is -2.15. The molecular weight excluding hydrogens is 312 g/mol. The molecule has 2 aromatic rings. The summed E-state index contributed by atoms with van der Waals surface area (Å²) in [5, 5.41) is 10.6. The van der Waals surface area contributed by atoms with E-state index in [1.165, 1.54) is 16.7 Å². The van der Waals surface area contributed by atoms with Crippen molar-refractivity contribution in [1.82, 2.24) is 20.4 Å². The third kappa shape index (κ3) is 3.86. The third-order valence-electron chi connectivity index (χ3n) is 5.24. The number of carbonyl (C=O) groups excluding carboxylic acids is 1. The molecule has 5 heteroatoms. The zero-order chi connectivity index (χ0) is 18.1. The van der Waals surface area contributed by atoms with E-state index in [4.69, 9.17) is 0 Å². The number of hydrogen-bond acceptors (Lipinski definition) is 2. The van der Waals surface area contributed by atoms with Gasteiger partial charge in [-0.2, -0.15) is 5.10 Å². The van der Waals surface area contributed by atoms with Crippen molar-refractivity contribution in [2.24, 2.45) is 7.05 Å². The fourth-order valence-electron chi connectivity index (χ4n) is 3.61. The van der Waals surface area contributed by atoms with E-state index in [9.17, 15) is 4.79 Å². The molecule has 1 heterocycles. The molecule has 1 aliphatic rings. The summed E-state index contributed by atoms with van der Waals surface area (Å²) in [6.07, 6.45) is 1.82. The maximum atomic E-state index is 12.3. The molecule has 25 heavy (non-hydrogen) atoms. The summed E-state index contributed by atoms with van der Waals surface area (Å²) in [5.74, 6) is 0.449. The number of carbonyl (C=O) groups is 1. The first-order valence-electron chi connectivity index (χ1n) is 8.98. The zero-order valence-electron chi connectivity index (χ0n) is 15.8. The van der Waals surface area contributed by atoms with E-state index in [0.717, 1.165) is 24.2 Å². The van der Waals surface area contributed by atoms with Crippen molar-refractivity contribution < 1.29 is 4.79 Å². The van der Waals surface area contributed by atoms with E-state index in [0.29, 0.717) is 5.92 Å². The standard InChI is InChI=1S/C20H28N4O/c1-12-8-6-7-9-16(12)18-11-19(18)22-20(25)21-13(2)10-17-14(3)23-24(5)15(17)4/h6-9,13,18-19H,10-11H2,1-5H3,(H2,21,22,25)/t13-,18-,19+/m1/s1. The minimum atomic E-state index is -0.0761. The molecule has 0 bridgehead atoms. The van der Waals surface area contributed by atoms with Crippen LogP contribution in [0.1, 0.15) is 47.3 Å². The molecule has 134 valence electrons. The number of amides is 2. The van der Waals surface area contributed by atoms with Gasteiger partial charge in [0.2, 0.25) is 0 Å². The van der Waals surface area contributed by atoms with Crippen molar-refractivity contribution in [3.63, 3.8) is 0 Å². The molecule has 0 saturated heterocycles. The van der Waals surface area contributed by atoms with Crippen LogP contribution in [0.4, 0.5) is 4.79 Å². The molecule has 3 rings (SSSR count). The highest BCUT2D eigenvalue weighted by molar-refractivity contribution is 5.75. The van der Waals surface area contributed by atoms with Crippen molar-refractivity contribution in [1.29, 1.82) is 0 Å².